The van der Waals surface area contributed by atoms with E-state index in [4.69, 9.17) is 4.74 Å². The van der Waals surface area contributed by atoms with Crippen molar-refractivity contribution in [1.82, 2.24) is 19.9 Å². The number of hydrogen-bond acceptors (Lipinski definition) is 5. The number of aromatic nitrogens is 3. The zero-order valence-corrected chi connectivity index (χ0v) is 13.9. The summed E-state index contributed by atoms with van der Waals surface area (Å²) >= 11 is 0. The lowest BCUT2D eigenvalue weighted by molar-refractivity contribution is -0.0605. The summed E-state index contributed by atoms with van der Waals surface area (Å²) in [6.45, 7) is 1.86. The zero-order valence-electron chi connectivity index (χ0n) is 13.9. The second-order valence-corrected chi connectivity index (χ2v) is 6.57. The molecule has 0 aliphatic carbocycles. The number of hydrogen-bond donors (Lipinski definition) is 0. The van der Waals surface area contributed by atoms with Gasteiger partial charge in [-0.05, 0) is 24.6 Å². The Kier molecular flexibility index (Phi) is 3.72. The summed E-state index contributed by atoms with van der Waals surface area (Å²) in [7, 11) is 3.95. The largest absolute Gasteiger partial charge is 0.378 e. The van der Waals surface area contributed by atoms with Gasteiger partial charge in [0.2, 0.25) is 0 Å². The standard InChI is InChI=1S/C17H21N5O2/c1-20(2)13-5-3-4-12(8-13)17(23)21-7-6-16-15(10-21)22-14(11-24-16)9-18-19-22/h3-5,8-9,15-16H,6-7,10-11H2,1-2H3/t15-,16+/m1/s1. The van der Waals surface area contributed by atoms with Crippen LogP contribution in [0.2, 0.25) is 0 Å². The van der Waals surface area contributed by atoms with Gasteiger partial charge in [0.25, 0.3) is 5.91 Å². The molecule has 0 spiro atoms. The molecule has 7 heteroatoms. The highest BCUT2D eigenvalue weighted by molar-refractivity contribution is 5.95. The monoisotopic (exact) mass is 327 g/mol. The van der Waals surface area contributed by atoms with E-state index in [2.05, 4.69) is 10.3 Å². The van der Waals surface area contributed by atoms with Crippen molar-refractivity contribution in [3.05, 3.63) is 41.7 Å². The molecule has 7 nitrogen and oxygen atoms in total. The molecule has 1 amide bonds. The fourth-order valence-electron chi connectivity index (χ4n) is 3.46. The van der Waals surface area contributed by atoms with Crippen LogP contribution >= 0.6 is 0 Å². The van der Waals surface area contributed by atoms with Crippen LogP contribution in [0.25, 0.3) is 0 Å². The predicted octanol–water partition coefficient (Wildman–Crippen LogP) is 1.33. The number of nitrogens with zero attached hydrogens (tertiary/aromatic N) is 5. The first-order valence-corrected chi connectivity index (χ1v) is 8.21. The number of amides is 1. The van der Waals surface area contributed by atoms with Crippen LogP contribution in [-0.4, -0.2) is 59.1 Å². The smallest absolute Gasteiger partial charge is 0.254 e. The van der Waals surface area contributed by atoms with Crippen molar-refractivity contribution in [3.63, 3.8) is 0 Å². The van der Waals surface area contributed by atoms with E-state index in [0.717, 1.165) is 23.4 Å². The lowest BCUT2D eigenvalue weighted by Crippen LogP contribution is -2.49. The summed E-state index contributed by atoms with van der Waals surface area (Å²) in [5.74, 6) is 0.0596. The third kappa shape index (κ3) is 2.54. The van der Waals surface area contributed by atoms with Gasteiger partial charge in [-0.25, -0.2) is 4.68 Å². The lowest BCUT2D eigenvalue weighted by Gasteiger charge is -2.41. The average Bonchev–Trinajstić information content (AvgIpc) is 3.10. The molecule has 2 aliphatic heterocycles. The third-order valence-corrected chi connectivity index (χ3v) is 4.83. The number of likely N-dealkylation sites (tertiary alicyclic amines) is 1. The fourth-order valence-corrected chi connectivity index (χ4v) is 3.46. The van der Waals surface area contributed by atoms with Gasteiger partial charge in [-0.2, -0.15) is 0 Å². The number of rotatable bonds is 2. The van der Waals surface area contributed by atoms with Gasteiger partial charge in [-0.1, -0.05) is 11.3 Å². The van der Waals surface area contributed by atoms with Gasteiger partial charge in [-0.3, -0.25) is 4.79 Å². The van der Waals surface area contributed by atoms with Gasteiger partial charge in [0.15, 0.2) is 0 Å². The average molecular weight is 327 g/mol. The van der Waals surface area contributed by atoms with E-state index in [1.807, 2.05) is 52.8 Å². The van der Waals surface area contributed by atoms with Crippen molar-refractivity contribution in [2.75, 3.05) is 32.1 Å². The normalized spacial score (nSPS) is 22.7. The van der Waals surface area contributed by atoms with Crippen molar-refractivity contribution in [2.45, 2.75) is 25.2 Å². The van der Waals surface area contributed by atoms with E-state index in [-0.39, 0.29) is 18.1 Å². The molecule has 1 aromatic heterocycles. The maximum Gasteiger partial charge on any atom is 0.254 e. The molecular formula is C17H21N5O2. The molecule has 24 heavy (non-hydrogen) atoms. The second-order valence-electron chi connectivity index (χ2n) is 6.57. The molecule has 2 aromatic rings. The molecule has 4 rings (SSSR count). The number of ether oxygens (including phenoxy) is 1. The van der Waals surface area contributed by atoms with Crippen LogP contribution in [0.4, 0.5) is 5.69 Å². The molecule has 0 unspecified atom stereocenters. The van der Waals surface area contributed by atoms with Gasteiger partial charge in [0, 0.05) is 38.4 Å². The molecule has 2 atom stereocenters. The summed E-state index contributed by atoms with van der Waals surface area (Å²) in [5.41, 5.74) is 2.71. The quantitative estimate of drug-likeness (QED) is 0.833. The summed E-state index contributed by atoms with van der Waals surface area (Å²) < 4.78 is 7.83. The van der Waals surface area contributed by atoms with Crippen LogP contribution in [0.5, 0.6) is 0 Å². The van der Waals surface area contributed by atoms with Crippen molar-refractivity contribution in [1.29, 1.82) is 0 Å². The molecule has 0 N–H and O–H groups in total. The molecule has 126 valence electrons. The number of fused-ring (bicyclic) bond motifs is 3. The van der Waals surface area contributed by atoms with E-state index < -0.39 is 0 Å². The topological polar surface area (TPSA) is 63.5 Å². The van der Waals surface area contributed by atoms with Crippen LogP contribution in [0.1, 0.15) is 28.5 Å². The Hall–Kier alpha value is -2.41. The predicted molar refractivity (Wildman–Crippen MR) is 88.9 cm³/mol. The summed E-state index contributed by atoms with van der Waals surface area (Å²) in [4.78, 5) is 16.8. The minimum absolute atomic E-state index is 0.0472. The Morgan fingerprint density at radius 1 is 1.38 bits per heavy atom. The van der Waals surface area contributed by atoms with E-state index in [0.29, 0.717) is 19.7 Å². The van der Waals surface area contributed by atoms with Crippen molar-refractivity contribution in [3.8, 4) is 0 Å². The van der Waals surface area contributed by atoms with E-state index in [9.17, 15) is 4.79 Å². The number of piperidine rings is 1. The SMILES string of the molecule is CN(C)c1cccc(C(=O)N2CC[C@@H]3OCc4cnnn4[C@@H]3C2)c1. The van der Waals surface area contributed by atoms with Gasteiger partial charge in [-0.15, -0.1) is 5.10 Å². The highest BCUT2D eigenvalue weighted by atomic mass is 16.5. The Balaban J connectivity index is 1.56. The zero-order chi connectivity index (χ0) is 16.7. The van der Waals surface area contributed by atoms with Crippen molar-refractivity contribution in [2.24, 2.45) is 0 Å². The molecule has 1 saturated heterocycles. The van der Waals surface area contributed by atoms with E-state index in [1.165, 1.54) is 0 Å². The van der Waals surface area contributed by atoms with E-state index in [1.54, 1.807) is 6.20 Å². The fraction of sp³-hybridized carbons (Fsp3) is 0.471. The van der Waals surface area contributed by atoms with Gasteiger partial charge >= 0.3 is 0 Å². The van der Waals surface area contributed by atoms with Gasteiger partial charge in [0.1, 0.15) is 0 Å². The van der Waals surface area contributed by atoms with Crippen LogP contribution in [0, 0.1) is 0 Å². The molecule has 3 heterocycles. The second kappa shape index (κ2) is 5.90. The Labute approximate surface area is 140 Å². The minimum Gasteiger partial charge on any atom is -0.378 e. The first-order chi connectivity index (χ1) is 11.6. The van der Waals surface area contributed by atoms with Crippen LogP contribution in [0.3, 0.4) is 0 Å². The first-order valence-electron chi connectivity index (χ1n) is 8.21. The number of carbonyl (C=O) groups is 1. The summed E-state index contributed by atoms with van der Waals surface area (Å²) in [6.07, 6.45) is 2.66. The van der Waals surface area contributed by atoms with Crippen LogP contribution in [-0.2, 0) is 11.3 Å². The molecule has 0 radical (unpaired) electrons. The minimum atomic E-state index is 0.0472. The summed E-state index contributed by atoms with van der Waals surface area (Å²) in [5, 5.41) is 8.16. The lowest BCUT2D eigenvalue weighted by atomic mass is 9.99. The Morgan fingerprint density at radius 3 is 3.08 bits per heavy atom. The van der Waals surface area contributed by atoms with Crippen molar-refractivity contribution >= 4 is 11.6 Å². The molecular weight excluding hydrogens is 306 g/mol. The van der Waals surface area contributed by atoms with Crippen LogP contribution in [0.15, 0.2) is 30.5 Å². The maximum absolute atomic E-state index is 12.9. The van der Waals surface area contributed by atoms with Gasteiger partial charge in [0.05, 0.1) is 30.6 Å². The highest BCUT2D eigenvalue weighted by Crippen LogP contribution is 2.30. The number of carbonyl (C=O) groups excluding carboxylic acids is 1. The third-order valence-electron chi connectivity index (χ3n) is 4.83. The maximum atomic E-state index is 12.9. The van der Waals surface area contributed by atoms with Crippen molar-refractivity contribution < 1.29 is 9.53 Å². The molecule has 0 saturated carbocycles. The molecule has 0 bridgehead atoms. The first kappa shape index (κ1) is 15.1. The highest BCUT2D eigenvalue weighted by Gasteiger charge is 2.38. The molecule has 1 aromatic carbocycles. The Bertz CT molecular complexity index is 757. The van der Waals surface area contributed by atoms with E-state index >= 15 is 0 Å². The van der Waals surface area contributed by atoms with Crippen LogP contribution < -0.4 is 4.90 Å². The summed E-state index contributed by atoms with van der Waals surface area (Å²) in [6, 6.07) is 7.78. The molecule has 1 fully saturated rings. The Morgan fingerprint density at radius 2 is 2.25 bits per heavy atom. The molecule has 2 aliphatic rings. The van der Waals surface area contributed by atoms with Gasteiger partial charge < -0.3 is 14.5 Å². The number of benzene rings is 1. The number of anilines is 1.